The molecule has 0 radical (unpaired) electrons. The van der Waals surface area contributed by atoms with E-state index in [2.05, 4.69) is 5.32 Å². The van der Waals surface area contributed by atoms with Crippen molar-refractivity contribution >= 4 is 26.9 Å². The van der Waals surface area contributed by atoms with Gasteiger partial charge in [-0.15, -0.1) is 0 Å². The normalized spacial score (nSPS) is 15.4. The van der Waals surface area contributed by atoms with Gasteiger partial charge in [-0.05, 0) is 12.1 Å². The highest BCUT2D eigenvalue weighted by atomic mass is 32.2. The van der Waals surface area contributed by atoms with E-state index < -0.39 is 21.8 Å². The van der Waals surface area contributed by atoms with Crippen molar-refractivity contribution in [2.24, 2.45) is 0 Å². The Morgan fingerprint density at radius 3 is 2.32 bits per heavy atom. The van der Waals surface area contributed by atoms with Gasteiger partial charge in [0.15, 0.2) is 0 Å². The molecule has 8 nitrogen and oxygen atoms in total. The SMILES string of the molecule is CN(C)S(=O)(=O)C(=O)NCC(=O)N1CCN(c2ccccc2F)CC1. The molecular weight excluding hydrogens is 351 g/mol. The van der Waals surface area contributed by atoms with Crippen molar-refractivity contribution in [2.45, 2.75) is 0 Å². The van der Waals surface area contributed by atoms with Gasteiger partial charge in [0.2, 0.25) is 5.91 Å². The molecule has 138 valence electrons. The summed E-state index contributed by atoms with van der Waals surface area (Å²) in [4.78, 5) is 27.1. The average Bonchev–Trinajstić information content (AvgIpc) is 2.59. The molecule has 0 saturated carbocycles. The molecule has 1 saturated heterocycles. The molecule has 1 fully saturated rings. The second-order valence-electron chi connectivity index (χ2n) is 5.75. The topological polar surface area (TPSA) is 90.0 Å². The Morgan fingerprint density at radius 1 is 1.16 bits per heavy atom. The number of nitrogens with one attached hydrogen (secondary N) is 1. The largest absolute Gasteiger partial charge is 0.366 e. The maximum absolute atomic E-state index is 13.8. The molecule has 25 heavy (non-hydrogen) atoms. The molecule has 1 aliphatic heterocycles. The number of hydrogen-bond donors (Lipinski definition) is 1. The first-order valence-electron chi connectivity index (χ1n) is 7.71. The molecule has 10 heteroatoms. The third kappa shape index (κ3) is 4.45. The molecular formula is C15H21FN4O4S. The third-order valence-electron chi connectivity index (χ3n) is 3.92. The second kappa shape index (κ2) is 7.79. The van der Waals surface area contributed by atoms with E-state index in [1.807, 2.05) is 4.90 Å². The highest BCUT2D eigenvalue weighted by Crippen LogP contribution is 2.20. The lowest BCUT2D eigenvalue weighted by molar-refractivity contribution is -0.130. The van der Waals surface area contributed by atoms with Crippen LogP contribution in [0.3, 0.4) is 0 Å². The summed E-state index contributed by atoms with van der Waals surface area (Å²) in [5.41, 5.74) is 0.486. The molecule has 0 spiro atoms. The number of anilines is 1. The number of sulfonamides is 1. The maximum Gasteiger partial charge on any atom is 0.352 e. The molecule has 1 aliphatic rings. The van der Waals surface area contributed by atoms with Crippen molar-refractivity contribution in [3.63, 3.8) is 0 Å². The van der Waals surface area contributed by atoms with Crippen molar-refractivity contribution in [3.05, 3.63) is 30.1 Å². The summed E-state index contributed by atoms with van der Waals surface area (Å²) in [6.45, 7) is 1.24. The fourth-order valence-corrected chi connectivity index (χ4v) is 3.01. The van der Waals surface area contributed by atoms with Crippen LogP contribution in [0.5, 0.6) is 0 Å². The van der Waals surface area contributed by atoms with E-state index in [1.165, 1.54) is 25.1 Å². The number of benzene rings is 1. The van der Waals surface area contributed by atoms with Crippen molar-refractivity contribution in [3.8, 4) is 0 Å². The lowest BCUT2D eigenvalue weighted by Gasteiger charge is -2.36. The monoisotopic (exact) mass is 372 g/mol. The predicted molar refractivity (Wildman–Crippen MR) is 91.2 cm³/mol. The number of amides is 2. The van der Waals surface area contributed by atoms with Crippen LogP contribution in [0.1, 0.15) is 0 Å². The number of halogens is 1. The Morgan fingerprint density at radius 2 is 1.76 bits per heavy atom. The van der Waals surface area contributed by atoms with Crippen LogP contribution in [-0.4, -0.2) is 75.6 Å². The summed E-state index contributed by atoms with van der Waals surface area (Å²) in [5.74, 6) is -0.695. The lowest BCUT2D eigenvalue weighted by atomic mass is 10.2. The number of nitrogens with zero attached hydrogens (tertiary/aromatic N) is 3. The summed E-state index contributed by atoms with van der Waals surface area (Å²) < 4.78 is 37.8. The van der Waals surface area contributed by atoms with Gasteiger partial charge in [-0.3, -0.25) is 9.59 Å². The number of carbonyl (C=O) groups excluding carboxylic acids is 2. The molecule has 0 aliphatic carbocycles. The predicted octanol–water partition coefficient (Wildman–Crippen LogP) is 0.0753. The maximum atomic E-state index is 13.8. The summed E-state index contributed by atoms with van der Waals surface area (Å²) in [7, 11) is -1.62. The first-order chi connectivity index (χ1) is 11.7. The Bertz CT molecular complexity index is 746. The number of rotatable bonds is 4. The molecule has 0 atom stereocenters. The summed E-state index contributed by atoms with van der Waals surface area (Å²) >= 11 is 0. The van der Waals surface area contributed by atoms with Crippen LogP contribution in [0.4, 0.5) is 14.9 Å². The van der Waals surface area contributed by atoms with Crippen molar-refractivity contribution < 1.29 is 22.4 Å². The molecule has 1 N–H and O–H groups in total. The van der Waals surface area contributed by atoms with Crippen LogP contribution in [-0.2, 0) is 14.8 Å². The van der Waals surface area contributed by atoms with Gasteiger partial charge in [0.25, 0.3) is 10.0 Å². The Kier molecular flexibility index (Phi) is 5.96. The zero-order chi connectivity index (χ0) is 18.6. The minimum Gasteiger partial charge on any atom is -0.366 e. The van der Waals surface area contributed by atoms with Crippen molar-refractivity contribution in [1.29, 1.82) is 0 Å². The number of carbonyl (C=O) groups is 2. The minimum absolute atomic E-state index is 0.316. The smallest absolute Gasteiger partial charge is 0.352 e. The first kappa shape index (κ1) is 19.1. The number of piperazine rings is 1. The minimum atomic E-state index is -4.09. The molecule has 0 aromatic heterocycles. The van der Waals surface area contributed by atoms with Crippen LogP contribution in [0.25, 0.3) is 0 Å². The fourth-order valence-electron chi connectivity index (χ4n) is 2.42. The fraction of sp³-hybridized carbons (Fsp3) is 0.467. The summed E-state index contributed by atoms with van der Waals surface area (Å²) in [5, 5.41) is 0.908. The third-order valence-corrected chi connectivity index (χ3v) is 5.50. The van der Waals surface area contributed by atoms with Gasteiger partial charge >= 0.3 is 5.24 Å². The van der Waals surface area contributed by atoms with Gasteiger partial charge < -0.3 is 15.1 Å². The van der Waals surface area contributed by atoms with E-state index in [1.54, 1.807) is 18.2 Å². The van der Waals surface area contributed by atoms with Gasteiger partial charge in [-0.1, -0.05) is 12.1 Å². The standard InChI is InChI=1S/C15H21FN4O4S/c1-18(2)25(23,24)15(22)17-11-14(21)20-9-7-19(8-10-20)13-6-4-3-5-12(13)16/h3-6H,7-11H2,1-2H3,(H,17,22). The van der Waals surface area contributed by atoms with Crippen LogP contribution in [0.2, 0.25) is 0 Å². The van der Waals surface area contributed by atoms with E-state index in [9.17, 15) is 22.4 Å². The van der Waals surface area contributed by atoms with Crippen molar-refractivity contribution in [1.82, 2.24) is 14.5 Å². The second-order valence-corrected chi connectivity index (χ2v) is 7.80. The molecule has 1 aromatic carbocycles. The van der Waals surface area contributed by atoms with E-state index in [0.717, 1.165) is 4.31 Å². The summed E-state index contributed by atoms with van der Waals surface area (Å²) in [6.07, 6.45) is 0. The average molecular weight is 372 g/mol. The Labute approximate surface area is 146 Å². The molecule has 2 rings (SSSR count). The van der Waals surface area contributed by atoms with Crippen LogP contribution >= 0.6 is 0 Å². The van der Waals surface area contributed by atoms with E-state index in [0.29, 0.717) is 31.9 Å². The number of hydrogen-bond acceptors (Lipinski definition) is 5. The van der Waals surface area contributed by atoms with Gasteiger partial charge in [0, 0.05) is 40.3 Å². The van der Waals surface area contributed by atoms with Gasteiger partial charge in [0.05, 0.1) is 12.2 Å². The Balaban J connectivity index is 1.86. The molecule has 1 heterocycles. The van der Waals surface area contributed by atoms with Crippen LogP contribution in [0.15, 0.2) is 24.3 Å². The highest BCUT2D eigenvalue weighted by molar-refractivity contribution is 8.03. The van der Waals surface area contributed by atoms with Gasteiger partial charge in [-0.2, -0.15) is 4.31 Å². The van der Waals surface area contributed by atoms with Gasteiger partial charge in [-0.25, -0.2) is 12.8 Å². The van der Waals surface area contributed by atoms with Crippen LogP contribution in [0, 0.1) is 5.82 Å². The zero-order valence-corrected chi connectivity index (χ0v) is 14.9. The Hall–Kier alpha value is -2.20. The molecule has 0 unspecified atom stereocenters. The van der Waals surface area contributed by atoms with Gasteiger partial charge in [0.1, 0.15) is 5.82 Å². The lowest BCUT2D eigenvalue weighted by Crippen LogP contribution is -2.52. The van der Waals surface area contributed by atoms with E-state index in [4.69, 9.17) is 0 Å². The first-order valence-corrected chi connectivity index (χ1v) is 9.15. The summed E-state index contributed by atoms with van der Waals surface area (Å²) in [6, 6.07) is 6.42. The van der Waals surface area contributed by atoms with Crippen molar-refractivity contribution in [2.75, 3.05) is 51.7 Å². The molecule has 1 aromatic rings. The van der Waals surface area contributed by atoms with Crippen LogP contribution < -0.4 is 10.2 Å². The molecule has 2 amide bonds. The van der Waals surface area contributed by atoms with E-state index >= 15 is 0 Å². The molecule has 0 bridgehead atoms. The zero-order valence-electron chi connectivity index (χ0n) is 14.1. The highest BCUT2D eigenvalue weighted by Gasteiger charge is 2.27. The quantitative estimate of drug-likeness (QED) is 0.808. The van der Waals surface area contributed by atoms with E-state index in [-0.39, 0.29) is 11.7 Å². The number of para-hydroxylation sites is 1.